The summed E-state index contributed by atoms with van der Waals surface area (Å²) >= 11 is 0. The zero-order chi connectivity index (χ0) is 16.6. The molecule has 1 atom stereocenters. The van der Waals surface area contributed by atoms with Crippen molar-refractivity contribution in [3.8, 4) is 0 Å². The van der Waals surface area contributed by atoms with E-state index in [9.17, 15) is 8.42 Å². The number of benzene rings is 1. The third-order valence-corrected chi connectivity index (χ3v) is 4.93. The molecule has 0 bridgehead atoms. The van der Waals surface area contributed by atoms with Crippen LogP contribution in [-0.4, -0.2) is 38.8 Å². The lowest BCUT2D eigenvalue weighted by molar-refractivity contribution is 0.565. The summed E-state index contributed by atoms with van der Waals surface area (Å²) in [6.07, 6.45) is 0.703. The summed E-state index contributed by atoms with van der Waals surface area (Å²) in [5.41, 5.74) is 0. The van der Waals surface area contributed by atoms with Crippen molar-refractivity contribution in [2.24, 2.45) is 4.99 Å². The SMILES string of the molecule is CCN=C(NC(C)C)NC(CC)CS(=O)(=O)c1ccccc1.I. The van der Waals surface area contributed by atoms with Crippen LogP contribution < -0.4 is 10.6 Å². The Kier molecular flexibility index (Phi) is 10.5. The fourth-order valence-corrected chi connectivity index (χ4v) is 3.62. The minimum atomic E-state index is -3.31. The lowest BCUT2D eigenvalue weighted by Crippen LogP contribution is -2.48. The van der Waals surface area contributed by atoms with E-state index in [0.717, 1.165) is 0 Å². The Balaban J connectivity index is 0.00000484. The number of nitrogens with zero attached hydrogens (tertiary/aromatic N) is 1. The fraction of sp³-hybridized carbons (Fsp3) is 0.562. The summed E-state index contributed by atoms with van der Waals surface area (Å²) in [5.74, 6) is 0.711. The molecule has 1 aromatic carbocycles. The summed E-state index contributed by atoms with van der Waals surface area (Å²) in [7, 11) is -3.31. The van der Waals surface area contributed by atoms with E-state index in [1.54, 1.807) is 24.3 Å². The predicted molar refractivity (Wildman–Crippen MR) is 107 cm³/mol. The second-order valence-electron chi connectivity index (χ2n) is 5.47. The number of hydrogen-bond donors (Lipinski definition) is 2. The lowest BCUT2D eigenvalue weighted by atomic mass is 10.2. The molecule has 0 aliphatic rings. The van der Waals surface area contributed by atoms with Gasteiger partial charge in [0, 0.05) is 18.6 Å². The maximum atomic E-state index is 12.5. The molecule has 1 rings (SSSR count). The Hall–Kier alpha value is -0.830. The highest BCUT2D eigenvalue weighted by molar-refractivity contribution is 14.0. The Morgan fingerprint density at radius 1 is 1.13 bits per heavy atom. The van der Waals surface area contributed by atoms with Crippen molar-refractivity contribution in [3.63, 3.8) is 0 Å². The van der Waals surface area contributed by atoms with Crippen LogP contribution in [0.5, 0.6) is 0 Å². The van der Waals surface area contributed by atoms with E-state index in [1.807, 2.05) is 33.8 Å². The van der Waals surface area contributed by atoms with E-state index < -0.39 is 9.84 Å². The van der Waals surface area contributed by atoms with Crippen LogP contribution in [0.2, 0.25) is 0 Å². The van der Waals surface area contributed by atoms with Crippen molar-refractivity contribution in [1.29, 1.82) is 0 Å². The molecule has 0 saturated heterocycles. The molecule has 0 spiro atoms. The van der Waals surface area contributed by atoms with Gasteiger partial charge in [-0.25, -0.2) is 8.42 Å². The standard InChI is InChI=1S/C16H27N3O2S.HI/c1-5-14(19-16(17-6-2)18-13(3)4)12-22(20,21)15-10-8-7-9-11-15;/h7-11,13-14H,5-6,12H2,1-4H3,(H2,17,18,19);1H. The highest BCUT2D eigenvalue weighted by Gasteiger charge is 2.21. The van der Waals surface area contributed by atoms with E-state index in [0.29, 0.717) is 23.8 Å². The molecule has 0 aromatic heterocycles. The van der Waals surface area contributed by atoms with E-state index in [2.05, 4.69) is 15.6 Å². The van der Waals surface area contributed by atoms with Crippen LogP contribution in [0.1, 0.15) is 34.1 Å². The number of sulfone groups is 1. The average Bonchev–Trinajstić information content (AvgIpc) is 2.47. The van der Waals surface area contributed by atoms with E-state index in [-0.39, 0.29) is 41.8 Å². The van der Waals surface area contributed by atoms with E-state index >= 15 is 0 Å². The molecular weight excluding hydrogens is 425 g/mol. The number of guanidine groups is 1. The van der Waals surface area contributed by atoms with Crippen LogP contribution >= 0.6 is 24.0 Å². The minimum Gasteiger partial charge on any atom is -0.354 e. The normalized spacial score (nSPS) is 13.3. The summed E-state index contributed by atoms with van der Waals surface area (Å²) in [6.45, 7) is 8.61. The van der Waals surface area contributed by atoms with Crippen molar-refractivity contribution in [2.45, 2.75) is 51.1 Å². The minimum absolute atomic E-state index is 0. The van der Waals surface area contributed by atoms with Gasteiger partial charge in [0.05, 0.1) is 10.6 Å². The monoisotopic (exact) mass is 453 g/mol. The largest absolute Gasteiger partial charge is 0.354 e. The molecule has 0 amide bonds. The number of halogens is 1. The second kappa shape index (κ2) is 10.9. The topological polar surface area (TPSA) is 70.6 Å². The van der Waals surface area contributed by atoms with Crippen LogP contribution in [0, 0.1) is 0 Å². The molecule has 0 fully saturated rings. The van der Waals surface area contributed by atoms with Gasteiger partial charge in [0.2, 0.25) is 0 Å². The van der Waals surface area contributed by atoms with Gasteiger partial charge in [-0.2, -0.15) is 0 Å². The van der Waals surface area contributed by atoms with Crippen LogP contribution in [0.4, 0.5) is 0 Å². The maximum Gasteiger partial charge on any atom is 0.191 e. The van der Waals surface area contributed by atoms with Crippen molar-refractivity contribution in [1.82, 2.24) is 10.6 Å². The van der Waals surface area contributed by atoms with Crippen LogP contribution in [-0.2, 0) is 9.84 Å². The fourth-order valence-electron chi connectivity index (χ4n) is 2.01. The Morgan fingerprint density at radius 3 is 2.22 bits per heavy atom. The number of nitrogens with one attached hydrogen (secondary N) is 2. The highest BCUT2D eigenvalue weighted by atomic mass is 127. The molecule has 5 nitrogen and oxygen atoms in total. The first kappa shape index (κ1) is 22.2. The van der Waals surface area contributed by atoms with Gasteiger partial charge in [0.15, 0.2) is 15.8 Å². The Labute approximate surface area is 157 Å². The first-order valence-corrected chi connectivity index (χ1v) is 9.39. The molecule has 23 heavy (non-hydrogen) atoms. The van der Waals surface area contributed by atoms with Gasteiger partial charge in [-0.1, -0.05) is 25.1 Å². The smallest absolute Gasteiger partial charge is 0.191 e. The average molecular weight is 453 g/mol. The summed E-state index contributed by atoms with van der Waals surface area (Å²) in [6, 6.07) is 8.62. The van der Waals surface area contributed by atoms with Crippen LogP contribution in [0.15, 0.2) is 40.2 Å². The first-order chi connectivity index (χ1) is 10.4. The molecule has 132 valence electrons. The molecular formula is C16H28IN3O2S. The second-order valence-corrected chi connectivity index (χ2v) is 7.50. The molecule has 1 aromatic rings. The Morgan fingerprint density at radius 2 is 1.74 bits per heavy atom. The molecule has 0 heterocycles. The third kappa shape index (κ3) is 8.01. The predicted octanol–water partition coefficient (Wildman–Crippen LogP) is 2.82. The molecule has 7 heteroatoms. The van der Waals surface area contributed by atoms with Gasteiger partial charge in [-0.15, -0.1) is 24.0 Å². The zero-order valence-electron chi connectivity index (χ0n) is 14.2. The number of rotatable bonds is 7. The molecule has 0 aliphatic heterocycles. The van der Waals surface area contributed by atoms with Gasteiger partial charge < -0.3 is 10.6 Å². The van der Waals surface area contributed by atoms with Gasteiger partial charge in [0.25, 0.3) is 0 Å². The van der Waals surface area contributed by atoms with Crippen LogP contribution in [0.25, 0.3) is 0 Å². The molecule has 0 saturated carbocycles. The van der Waals surface area contributed by atoms with Gasteiger partial charge in [-0.3, -0.25) is 4.99 Å². The molecule has 1 unspecified atom stereocenters. The molecule has 2 N–H and O–H groups in total. The number of hydrogen-bond acceptors (Lipinski definition) is 3. The summed E-state index contributed by atoms with van der Waals surface area (Å²) < 4.78 is 24.9. The lowest BCUT2D eigenvalue weighted by Gasteiger charge is -2.22. The van der Waals surface area contributed by atoms with Gasteiger partial charge in [0.1, 0.15) is 0 Å². The van der Waals surface area contributed by atoms with Crippen molar-refractivity contribution >= 4 is 39.8 Å². The van der Waals surface area contributed by atoms with E-state index in [4.69, 9.17) is 0 Å². The summed E-state index contributed by atoms with van der Waals surface area (Å²) in [4.78, 5) is 4.72. The molecule has 0 aliphatic carbocycles. The summed E-state index contributed by atoms with van der Waals surface area (Å²) in [5, 5.41) is 6.44. The van der Waals surface area contributed by atoms with Crippen LogP contribution in [0.3, 0.4) is 0 Å². The zero-order valence-corrected chi connectivity index (χ0v) is 17.4. The maximum absolute atomic E-state index is 12.5. The van der Waals surface area contributed by atoms with Crippen molar-refractivity contribution in [3.05, 3.63) is 30.3 Å². The highest BCUT2D eigenvalue weighted by Crippen LogP contribution is 2.12. The quantitative estimate of drug-likeness (QED) is 0.379. The number of aliphatic imine (C=N–C) groups is 1. The molecule has 0 radical (unpaired) electrons. The van der Waals surface area contributed by atoms with Gasteiger partial charge >= 0.3 is 0 Å². The third-order valence-electron chi connectivity index (χ3n) is 3.10. The van der Waals surface area contributed by atoms with Crippen molar-refractivity contribution < 1.29 is 8.42 Å². The van der Waals surface area contributed by atoms with Crippen molar-refractivity contribution in [2.75, 3.05) is 12.3 Å². The Bertz CT molecular complexity index is 574. The first-order valence-electron chi connectivity index (χ1n) is 7.74. The van der Waals surface area contributed by atoms with Gasteiger partial charge in [-0.05, 0) is 39.3 Å². The van der Waals surface area contributed by atoms with E-state index in [1.165, 1.54) is 0 Å².